The van der Waals surface area contributed by atoms with Gasteiger partial charge < -0.3 is 9.13 Å². The van der Waals surface area contributed by atoms with Gasteiger partial charge in [-0.15, -0.1) is 0 Å². The summed E-state index contributed by atoms with van der Waals surface area (Å²) in [7, 11) is 2.01. The highest BCUT2D eigenvalue weighted by atomic mass is 15.0. The molecule has 0 radical (unpaired) electrons. The normalized spacial score (nSPS) is 13.1. The fourth-order valence-electron chi connectivity index (χ4n) is 2.08. The van der Waals surface area contributed by atoms with Crippen LogP contribution in [0, 0.1) is 0 Å². The molecule has 0 N–H and O–H groups in total. The maximum atomic E-state index is 4.38. The van der Waals surface area contributed by atoms with Gasteiger partial charge in [0, 0.05) is 19.4 Å². The predicted octanol–water partition coefficient (Wildman–Crippen LogP) is 2.38. The van der Waals surface area contributed by atoms with Crippen molar-refractivity contribution >= 4 is 11.0 Å². The maximum Gasteiger partial charge on any atom is 0.0955 e. The predicted molar refractivity (Wildman–Crippen MR) is 66.8 cm³/mol. The van der Waals surface area contributed by atoms with Crippen LogP contribution in [0.5, 0.6) is 0 Å². The number of aromatic nitrogens is 4. The average molecular weight is 226 g/mol. The van der Waals surface area contributed by atoms with E-state index in [0.717, 1.165) is 11.0 Å². The highest BCUT2D eigenvalue weighted by molar-refractivity contribution is 5.76. The van der Waals surface area contributed by atoms with Crippen molar-refractivity contribution in [3.8, 4) is 0 Å². The van der Waals surface area contributed by atoms with E-state index in [2.05, 4.69) is 39.7 Å². The van der Waals surface area contributed by atoms with Crippen molar-refractivity contribution in [3.05, 3.63) is 48.8 Å². The van der Waals surface area contributed by atoms with Gasteiger partial charge in [0.05, 0.1) is 29.7 Å². The van der Waals surface area contributed by atoms with Crippen LogP contribution >= 0.6 is 0 Å². The van der Waals surface area contributed by atoms with E-state index in [1.165, 1.54) is 5.56 Å². The summed E-state index contributed by atoms with van der Waals surface area (Å²) >= 11 is 0. The van der Waals surface area contributed by atoms with E-state index >= 15 is 0 Å². The van der Waals surface area contributed by atoms with Gasteiger partial charge in [-0.3, -0.25) is 0 Å². The first-order chi connectivity index (χ1) is 8.25. The summed E-state index contributed by atoms with van der Waals surface area (Å²) in [5.74, 6) is 0. The molecule has 0 saturated heterocycles. The highest BCUT2D eigenvalue weighted by Crippen LogP contribution is 2.21. The summed E-state index contributed by atoms with van der Waals surface area (Å²) in [6.45, 7) is 2.16. The molecule has 86 valence electrons. The third kappa shape index (κ3) is 1.62. The zero-order valence-electron chi connectivity index (χ0n) is 9.91. The van der Waals surface area contributed by atoms with E-state index in [9.17, 15) is 0 Å². The maximum absolute atomic E-state index is 4.38. The SMILES string of the molecule is CC(c1ccc2c(c1)ncn2C)n1ccnc1. The number of hydrogen-bond donors (Lipinski definition) is 0. The van der Waals surface area contributed by atoms with Crippen LogP contribution in [-0.4, -0.2) is 19.1 Å². The van der Waals surface area contributed by atoms with Crippen LogP contribution in [0.15, 0.2) is 43.2 Å². The zero-order valence-corrected chi connectivity index (χ0v) is 9.91. The van der Waals surface area contributed by atoms with Crippen molar-refractivity contribution in [2.24, 2.45) is 7.05 Å². The van der Waals surface area contributed by atoms with Crippen molar-refractivity contribution < 1.29 is 0 Å². The van der Waals surface area contributed by atoms with Crippen LogP contribution in [-0.2, 0) is 7.05 Å². The van der Waals surface area contributed by atoms with Crippen LogP contribution in [0.4, 0.5) is 0 Å². The number of benzene rings is 1. The first-order valence-corrected chi connectivity index (χ1v) is 5.64. The van der Waals surface area contributed by atoms with Gasteiger partial charge in [-0.05, 0) is 24.6 Å². The fraction of sp³-hybridized carbons (Fsp3) is 0.231. The molecule has 1 unspecified atom stereocenters. The molecule has 1 aromatic carbocycles. The molecule has 3 aromatic rings. The van der Waals surface area contributed by atoms with Gasteiger partial charge in [0.15, 0.2) is 0 Å². The molecule has 0 aliphatic rings. The number of aryl methyl sites for hydroxylation is 1. The van der Waals surface area contributed by atoms with Crippen molar-refractivity contribution in [1.82, 2.24) is 19.1 Å². The zero-order chi connectivity index (χ0) is 11.8. The lowest BCUT2D eigenvalue weighted by Gasteiger charge is -2.13. The summed E-state index contributed by atoms with van der Waals surface area (Å²) in [4.78, 5) is 8.46. The molecule has 0 saturated carbocycles. The van der Waals surface area contributed by atoms with E-state index < -0.39 is 0 Å². The van der Waals surface area contributed by atoms with E-state index in [0.29, 0.717) is 0 Å². The van der Waals surface area contributed by atoms with E-state index in [-0.39, 0.29) is 6.04 Å². The Morgan fingerprint density at radius 1 is 1.24 bits per heavy atom. The smallest absolute Gasteiger partial charge is 0.0955 e. The summed E-state index contributed by atoms with van der Waals surface area (Å²) < 4.78 is 4.12. The van der Waals surface area contributed by atoms with Gasteiger partial charge in [0.1, 0.15) is 0 Å². The van der Waals surface area contributed by atoms with E-state index in [1.807, 2.05) is 30.5 Å². The second-order valence-corrected chi connectivity index (χ2v) is 4.29. The van der Waals surface area contributed by atoms with Crippen LogP contribution in [0.25, 0.3) is 11.0 Å². The van der Waals surface area contributed by atoms with E-state index in [1.54, 1.807) is 6.20 Å². The van der Waals surface area contributed by atoms with E-state index in [4.69, 9.17) is 0 Å². The molecule has 17 heavy (non-hydrogen) atoms. The first-order valence-electron chi connectivity index (χ1n) is 5.64. The summed E-state index contributed by atoms with van der Waals surface area (Å²) in [6, 6.07) is 6.68. The molecule has 4 nitrogen and oxygen atoms in total. The third-order valence-corrected chi connectivity index (χ3v) is 3.20. The van der Waals surface area contributed by atoms with Crippen molar-refractivity contribution in [2.75, 3.05) is 0 Å². The Labute approximate surface area is 99.5 Å². The number of fused-ring (bicyclic) bond motifs is 1. The Hall–Kier alpha value is -2.10. The molecule has 2 heterocycles. The topological polar surface area (TPSA) is 35.6 Å². The minimum atomic E-state index is 0.281. The number of imidazole rings is 2. The lowest BCUT2D eigenvalue weighted by Crippen LogP contribution is -2.04. The van der Waals surface area contributed by atoms with Crippen LogP contribution in [0.3, 0.4) is 0 Å². The molecule has 3 rings (SSSR count). The van der Waals surface area contributed by atoms with Crippen molar-refractivity contribution in [1.29, 1.82) is 0 Å². The molecule has 0 aliphatic heterocycles. The van der Waals surface area contributed by atoms with Gasteiger partial charge in [-0.2, -0.15) is 0 Å². The molecule has 0 fully saturated rings. The number of hydrogen-bond acceptors (Lipinski definition) is 2. The molecule has 1 atom stereocenters. The lowest BCUT2D eigenvalue weighted by molar-refractivity contribution is 0.639. The molecular formula is C13H14N4. The summed E-state index contributed by atoms with van der Waals surface area (Å²) in [6.07, 6.45) is 7.46. The monoisotopic (exact) mass is 226 g/mol. The van der Waals surface area contributed by atoms with Crippen molar-refractivity contribution in [2.45, 2.75) is 13.0 Å². The summed E-state index contributed by atoms with van der Waals surface area (Å²) in [5, 5.41) is 0. The highest BCUT2D eigenvalue weighted by Gasteiger charge is 2.08. The molecule has 0 amide bonds. The van der Waals surface area contributed by atoms with Crippen LogP contribution in [0.1, 0.15) is 18.5 Å². The Bertz CT molecular complexity index is 637. The van der Waals surface area contributed by atoms with Crippen LogP contribution in [0.2, 0.25) is 0 Å². The van der Waals surface area contributed by atoms with Gasteiger partial charge in [-0.25, -0.2) is 9.97 Å². The molecule has 0 aliphatic carbocycles. The molecular weight excluding hydrogens is 212 g/mol. The quantitative estimate of drug-likeness (QED) is 0.672. The Balaban J connectivity index is 2.06. The first kappa shape index (κ1) is 10.1. The summed E-state index contributed by atoms with van der Waals surface area (Å²) in [5.41, 5.74) is 3.44. The molecule has 4 heteroatoms. The minimum Gasteiger partial charge on any atom is -0.334 e. The second kappa shape index (κ2) is 3.73. The molecule has 0 bridgehead atoms. The average Bonchev–Trinajstić information content (AvgIpc) is 2.98. The van der Waals surface area contributed by atoms with Gasteiger partial charge in [-0.1, -0.05) is 6.07 Å². The largest absolute Gasteiger partial charge is 0.334 e. The van der Waals surface area contributed by atoms with Gasteiger partial charge in [0.25, 0.3) is 0 Å². The van der Waals surface area contributed by atoms with Crippen molar-refractivity contribution in [3.63, 3.8) is 0 Å². The standard InChI is InChI=1S/C13H14N4/c1-10(17-6-5-14-8-17)11-3-4-13-12(7-11)15-9-16(13)2/h3-10H,1-2H3. The van der Waals surface area contributed by atoms with Crippen LogP contribution < -0.4 is 0 Å². The van der Waals surface area contributed by atoms with Gasteiger partial charge >= 0.3 is 0 Å². The fourth-order valence-corrected chi connectivity index (χ4v) is 2.08. The Morgan fingerprint density at radius 2 is 2.12 bits per heavy atom. The molecule has 2 aromatic heterocycles. The third-order valence-electron chi connectivity index (χ3n) is 3.20. The lowest BCUT2D eigenvalue weighted by atomic mass is 10.1. The second-order valence-electron chi connectivity index (χ2n) is 4.29. The van der Waals surface area contributed by atoms with Gasteiger partial charge in [0.2, 0.25) is 0 Å². The molecule has 0 spiro atoms. The Kier molecular flexibility index (Phi) is 2.21. The minimum absolute atomic E-state index is 0.281. The number of rotatable bonds is 2. The number of nitrogens with zero attached hydrogens (tertiary/aromatic N) is 4. The Morgan fingerprint density at radius 3 is 2.88 bits per heavy atom.